The first-order valence-corrected chi connectivity index (χ1v) is 10.7. The van der Waals surface area contributed by atoms with Crippen molar-refractivity contribution in [3.8, 4) is 17.2 Å². The van der Waals surface area contributed by atoms with E-state index in [9.17, 15) is 14.4 Å². The molecule has 2 aromatic rings. The number of nitrogens with zero attached hydrogens (tertiary/aromatic N) is 1. The van der Waals surface area contributed by atoms with Crippen LogP contribution in [0.3, 0.4) is 0 Å². The molecule has 1 heterocycles. The molecule has 0 spiro atoms. The fourth-order valence-electron chi connectivity index (χ4n) is 3.67. The first-order valence-electron chi connectivity index (χ1n) is 10.7. The smallest absolute Gasteiger partial charge is 0.325 e. The number of methoxy groups -OCH3 is 2. The van der Waals surface area contributed by atoms with Gasteiger partial charge < -0.3 is 24.8 Å². The number of ether oxygens (including phenoxy) is 3. The second-order valence-electron chi connectivity index (χ2n) is 7.69. The molecule has 1 saturated heterocycles. The van der Waals surface area contributed by atoms with E-state index in [1.54, 1.807) is 51.5 Å². The van der Waals surface area contributed by atoms with Gasteiger partial charge in [0.15, 0.2) is 11.5 Å². The van der Waals surface area contributed by atoms with Gasteiger partial charge in [-0.3, -0.25) is 14.5 Å². The Hall–Kier alpha value is -3.75. The lowest BCUT2D eigenvalue weighted by atomic mass is 9.92. The van der Waals surface area contributed by atoms with Crippen molar-refractivity contribution in [2.45, 2.75) is 25.8 Å². The van der Waals surface area contributed by atoms with E-state index in [2.05, 4.69) is 10.6 Å². The molecule has 0 aliphatic carbocycles. The van der Waals surface area contributed by atoms with E-state index in [-0.39, 0.29) is 6.54 Å². The molecule has 2 N–H and O–H groups in total. The molecule has 0 unspecified atom stereocenters. The van der Waals surface area contributed by atoms with Crippen LogP contribution < -0.4 is 24.8 Å². The van der Waals surface area contributed by atoms with E-state index in [4.69, 9.17) is 14.2 Å². The molecule has 33 heavy (non-hydrogen) atoms. The summed E-state index contributed by atoms with van der Waals surface area (Å²) in [5.41, 5.74) is 0.313. The average Bonchev–Trinajstić information content (AvgIpc) is 3.03. The van der Waals surface area contributed by atoms with E-state index in [1.165, 1.54) is 0 Å². The minimum absolute atomic E-state index is 0.341. The van der Waals surface area contributed by atoms with E-state index in [0.717, 1.165) is 10.5 Å². The molecule has 1 aliphatic heterocycles. The minimum atomic E-state index is -1.25. The van der Waals surface area contributed by atoms with Gasteiger partial charge in [-0.1, -0.05) is 18.2 Å². The number of rotatable bonds is 10. The molecule has 4 amide bonds. The Morgan fingerprint density at radius 2 is 1.76 bits per heavy atom. The summed E-state index contributed by atoms with van der Waals surface area (Å²) < 4.78 is 15.9. The summed E-state index contributed by atoms with van der Waals surface area (Å²) in [5, 5.41) is 5.45. The Labute approximate surface area is 193 Å². The monoisotopic (exact) mass is 455 g/mol. The molecule has 0 saturated carbocycles. The summed E-state index contributed by atoms with van der Waals surface area (Å²) in [7, 11) is 3.12. The summed E-state index contributed by atoms with van der Waals surface area (Å²) in [5.74, 6) is 1.00. The van der Waals surface area contributed by atoms with Crippen LogP contribution in [0.2, 0.25) is 0 Å². The fourth-order valence-corrected chi connectivity index (χ4v) is 3.67. The lowest BCUT2D eigenvalue weighted by Gasteiger charge is -2.22. The van der Waals surface area contributed by atoms with Crippen LogP contribution in [0.5, 0.6) is 17.2 Å². The van der Waals surface area contributed by atoms with Gasteiger partial charge in [0, 0.05) is 6.54 Å². The van der Waals surface area contributed by atoms with Gasteiger partial charge in [0.25, 0.3) is 5.91 Å². The van der Waals surface area contributed by atoms with Crippen LogP contribution in [-0.4, -0.2) is 56.7 Å². The molecule has 0 radical (unpaired) electrons. The lowest BCUT2D eigenvalue weighted by molar-refractivity contribution is -0.134. The highest BCUT2D eigenvalue weighted by Gasteiger charge is 2.49. The third kappa shape index (κ3) is 5.19. The standard InChI is InChI=1S/C24H29N3O6/c1-5-33-18-9-7-17(8-10-18)24(2)22(29)27(23(30)26-24)15-21(28)25-13-12-16-6-11-19(31-3)20(14-16)32-4/h6-11,14H,5,12-13,15H2,1-4H3,(H,25,28)(H,26,30)/t24-/m1/s1. The molecular formula is C24H29N3O6. The second kappa shape index (κ2) is 10.2. The summed E-state index contributed by atoms with van der Waals surface area (Å²) in [4.78, 5) is 38.8. The maximum absolute atomic E-state index is 13.0. The molecule has 1 fully saturated rings. The Morgan fingerprint density at radius 1 is 1.06 bits per heavy atom. The van der Waals surface area contributed by atoms with Crippen LogP contribution in [0.25, 0.3) is 0 Å². The van der Waals surface area contributed by atoms with Crippen molar-refractivity contribution in [1.82, 2.24) is 15.5 Å². The zero-order chi connectivity index (χ0) is 24.0. The largest absolute Gasteiger partial charge is 0.494 e. The average molecular weight is 456 g/mol. The molecule has 1 aliphatic rings. The number of nitrogens with one attached hydrogen (secondary N) is 2. The zero-order valence-electron chi connectivity index (χ0n) is 19.3. The molecule has 1 atom stereocenters. The molecule has 9 nitrogen and oxygen atoms in total. The number of hydrogen-bond donors (Lipinski definition) is 2. The number of carbonyl (C=O) groups excluding carboxylic acids is 3. The third-order valence-electron chi connectivity index (χ3n) is 5.50. The van der Waals surface area contributed by atoms with E-state index in [1.807, 2.05) is 19.1 Å². The highest BCUT2D eigenvalue weighted by molar-refractivity contribution is 6.09. The Kier molecular flexibility index (Phi) is 7.42. The minimum Gasteiger partial charge on any atom is -0.494 e. The van der Waals surface area contributed by atoms with Gasteiger partial charge in [0.2, 0.25) is 5.91 Å². The van der Waals surface area contributed by atoms with E-state index < -0.39 is 23.4 Å². The van der Waals surface area contributed by atoms with Crippen LogP contribution in [-0.2, 0) is 21.5 Å². The molecule has 9 heteroatoms. The van der Waals surface area contributed by atoms with Crippen LogP contribution in [0, 0.1) is 0 Å². The molecule has 176 valence electrons. The maximum atomic E-state index is 13.0. The number of hydrogen-bond acceptors (Lipinski definition) is 6. The van der Waals surface area contributed by atoms with Crippen molar-refractivity contribution in [1.29, 1.82) is 0 Å². The van der Waals surface area contributed by atoms with E-state index in [0.29, 0.717) is 42.4 Å². The SMILES string of the molecule is CCOc1ccc([C@@]2(C)NC(=O)N(CC(=O)NCCc3ccc(OC)c(OC)c3)C2=O)cc1. The van der Waals surface area contributed by atoms with Crippen LogP contribution in [0.15, 0.2) is 42.5 Å². The predicted octanol–water partition coefficient (Wildman–Crippen LogP) is 2.23. The Morgan fingerprint density at radius 3 is 2.39 bits per heavy atom. The van der Waals surface area contributed by atoms with Gasteiger partial charge in [-0.05, 0) is 55.7 Å². The normalized spacial score (nSPS) is 17.5. The van der Waals surface area contributed by atoms with Crippen molar-refractivity contribution < 1.29 is 28.6 Å². The van der Waals surface area contributed by atoms with Gasteiger partial charge in [0.1, 0.15) is 17.8 Å². The molecular weight excluding hydrogens is 426 g/mol. The highest BCUT2D eigenvalue weighted by Crippen LogP contribution is 2.30. The Balaban J connectivity index is 1.57. The van der Waals surface area contributed by atoms with Crippen molar-refractivity contribution >= 4 is 17.8 Å². The first-order chi connectivity index (χ1) is 15.8. The zero-order valence-corrected chi connectivity index (χ0v) is 19.3. The number of carbonyl (C=O) groups is 3. The van der Waals surface area contributed by atoms with Crippen molar-refractivity contribution in [3.05, 3.63) is 53.6 Å². The second-order valence-corrected chi connectivity index (χ2v) is 7.69. The van der Waals surface area contributed by atoms with Crippen LogP contribution >= 0.6 is 0 Å². The topological polar surface area (TPSA) is 106 Å². The van der Waals surface area contributed by atoms with Gasteiger partial charge in [-0.2, -0.15) is 0 Å². The molecule has 3 rings (SSSR count). The fraction of sp³-hybridized carbons (Fsp3) is 0.375. The predicted molar refractivity (Wildman–Crippen MR) is 121 cm³/mol. The number of imide groups is 1. The van der Waals surface area contributed by atoms with Crippen molar-refractivity contribution in [3.63, 3.8) is 0 Å². The highest BCUT2D eigenvalue weighted by atomic mass is 16.5. The van der Waals surface area contributed by atoms with Crippen LogP contribution in [0.1, 0.15) is 25.0 Å². The summed E-state index contributed by atoms with van der Waals surface area (Å²) >= 11 is 0. The summed E-state index contributed by atoms with van der Waals surface area (Å²) in [6.45, 7) is 4.02. The van der Waals surface area contributed by atoms with Crippen molar-refractivity contribution in [2.75, 3.05) is 33.9 Å². The van der Waals surface area contributed by atoms with Crippen LogP contribution in [0.4, 0.5) is 4.79 Å². The Bertz CT molecular complexity index is 1020. The van der Waals surface area contributed by atoms with Gasteiger partial charge >= 0.3 is 6.03 Å². The number of benzene rings is 2. The molecule has 2 aromatic carbocycles. The lowest BCUT2D eigenvalue weighted by Crippen LogP contribution is -2.43. The van der Waals surface area contributed by atoms with Crippen molar-refractivity contribution in [2.24, 2.45) is 0 Å². The molecule has 0 bridgehead atoms. The third-order valence-corrected chi connectivity index (χ3v) is 5.50. The molecule has 0 aromatic heterocycles. The quantitative estimate of drug-likeness (QED) is 0.532. The first kappa shape index (κ1) is 23.9. The van der Waals surface area contributed by atoms with E-state index >= 15 is 0 Å². The number of amides is 4. The van der Waals surface area contributed by atoms with Gasteiger partial charge in [-0.25, -0.2) is 4.79 Å². The van der Waals surface area contributed by atoms with Gasteiger partial charge in [0.05, 0.1) is 20.8 Å². The summed E-state index contributed by atoms with van der Waals surface area (Å²) in [6.07, 6.45) is 0.552. The maximum Gasteiger partial charge on any atom is 0.325 e. The number of urea groups is 1. The summed E-state index contributed by atoms with van der Waals surface area (Å²) in [6, 6.07) is 11.9. The van der Waals surface area contributed by atoms with Gasteiger partial charge in [-0.15, -0.1) is 0 Å².